The average molecular weight is 254 g/mol. The van der Waals surface area contributed by atoms with E-state index in [1.165, 1.54) is 17.1 Å². The SMILES string of the molecule is NC1=NC(=O)/C(=C\c2ccc3ccccc3c2)S1. The molecule has 0 unspecified atom stereocenters. The van der Waals surface area contributed by atoms with Crippen molar-refractivity contribution in [1.82, 2.24) is 0 Å². The Balaban J connectivity index is 2.01. The molecule has 0 bridgehead atoms. The van der Waals surface area contributed by atoms with Gasteiger partial charge in [0.1, 0.15) is 0 Å². The quantitative estimate of drug-likeness (QED) is 0.796. The fourth-order valence-electron chi connectivity index (χ4n) is 1.87. The molecule has 0 aliphatic carbocycles. The molecular weight excluding hydrogens is 244 g/mol. The summed E-state index contributed by atoms with van der Waals surface area (Å²) in [5, 5.41) is 2.64. The number of carbonyl (C=O) groups excluding carboxylic acids is 1. The number of amides is 1. The normalized spacial score (nSPS) is 17.4. The van der Waals surface area contributed by atoms with Crippen LogP contribution in [0.2, 0.25) is 0 Å². The van der Waals surface area contributed by atoms with E-state index in [2.05, 4.69) is 11.1 Å². The Labute approximate surface area is 108 Å². The molecule has 0 fully saturated rings. The highest BCUT2D eigenvalue weighted by Gasteiger charge is 2.19. The number of fused-ring (bicyclic) bond motifs is 1. The molecule has 2 aromatic rings. The summed E-state index contributed by atoms with van der Waals surface area (Å²) in [6, 6.07) is 14.2. The molecule has 88 valence electrons. The summed E-state index contributed by atoms with van der Waals surface area (Å²) >= 11 is 1.21. The van der Waals surface area contributed by atoms with E-state index >= 15 is 0 Å². The van der Waals surface area contributed by atoms with Crippen molar-refractivity contribution in [2.45, 2.75) is 0 Å². The zero-order chi connectivity index (χ0) is 12.5. The van der Waals surface area contributed by atoms with Crippen LogP contribution in [0.4, 0.5) is 0 Å². The van der Waals surface area contributed by atoms with Crippen LogP contribution in [-0.4, -0.2) is 11.1 Å². The highest BCUT2D eigenvalue weighted by Crippen LogP contribution is 2.27. The van der Waals surface area contributed by atoms with E-state index in [0.29, 0.717) is 10.1 Å². The molecular formula is C14H10N2OS. The highest BCUT2D eigenvalue weighted by atomic mass is 32.2. The maximum absolute atomic E-state index is 11.5. The third-order valence-electron chi connectivity index (χ3n) is 2.71. The van der Waals surface area contributed by atoms with E-state index in [4.69, 9.17) is 5.73 Å². The molecule has 4 heteroatoms. The number of carbonyl (C=O) groups is 1. The van der Waals surface area contributed by atoms with Crippen LogP contribution in [0.1, 0.15) is 5.56 Å². The van der Waals surface area contributed by atoms with Gasteiger partial charge in [-0.15, -0.1) is 0 Å². The van der Waals surface area contributed by atoms with Crippen LogP contribution in [0.15, 0.2) is 52.4 Å². The number of amidine groups is 1. The van der Waals surface area contributed by atoms with Crippen molar-refractivity contribution >= 4 is 39.7 Å². The van der Waals surface area contributed by atoms with Gasteiger partial charge in [0.15, 0.2) is 5.17 Å². The molecule has 0 saturated heterocycles. The van der Waals surface area contributed by atoms with Gasteiger partial charge < -0.3 is 5.73 Å². The molecule has 0 spiro atoms. The maximum Gasteiger partial charge on any atom is 0.286 e. The van der Waals surface area contributed by atoms with E-state index < -0.39 is 0 Å². The van der Waals surface area contributed by atoms with E-state index in [0.717, 1.165) is 10.9 Å². The Morgan fingerprint density at radius 2 is 1.89 bits per heavy atom. The summed E-state index contributed by atoms with van der Waals surface area (Å²) in [5.41, 5.74) is 6.49. The van der Waals surface area contributed by atoms with Gasteiger partial charge in [0.05, 0.1) is 4.91 Å². The molecule has 0 saturated carbocycles. The van der Waals surface area contributed by atoms with Gasteiger partial charge in [-0.3, -0.25) is 4.79 Å². The molecule has 2 N–H and O–H groups in total. The Morgan fingerprint density at radius 3 is 2.61 bits per heavy atom. The highest BCUT2D eigenvalue weighted by molar-refractivity contribution is 8.18. The second-order valence-corrected chi connectivity index (χ2v) is 5.03. The van der Waals surface area contributed by atoms with Crippen molar-refractivity contribution in [3.8, 4) is 0 Å². The lowest BCUT2D eigenvalue weighted by molar-refractivity contribution is -0.113. The summed E-state index contributed by atoms with van der Waals surface area (Å²) < 4.78 is 0. The van der Waals surface area contributed by atoms with Crippen LogP contribution in [0.25, 0.3) is 16.8 Å². The summed E-state index contributed by atoms with van der Waals surface area (Å²) in [6.07, 6.45) is 1.82. The van der Waals surface area contributed by atoms with Gasteiger partial charge in [0.2, 0.25) is 0 Å². The summed E-state index contributed by atoms with van der Waals surface area (Å²) in [6.45, 7) is 0. The maximum atomic E-state index is 11.5. The first-order chi connectivity index (χ1) is 8.72. The van der Waals surface area contributed by atoms with Crippen molar-refractivity contribution in [3.63, 3.8) is 0 Å². The van der Waals surface area contributed by atoms with Crippen LogP contribution in [0.3, 0.4) is 0 Å². The average Bonchev–Trinajstić information content (AvgIpc) is 2.68. The molecule has 1 heterocycles. The molecule has 1 aliphatic heterocycles. The van der Waals surface area contributed by atoms with Crippen LogP contribution in [0, 0.1) is 0 Å². The molecule has 0 aromatic heterocycles. The number of nitrogens with zero attached hydrogens (tertiary/aromatic N) is 1. The van der Waals surface area contributed by atoms with Crippen molar-refractivity contribution in [2.24, 2.45) is 10.7 Å². The zero-order valence-corrected chi connectivity index (χ0v) is 10.3. The lowest BCUT2D eigenvalue weighted by atomic mass is 10.1. The molecule has 0 radical (unpaired) electrons. The molecule has 2 aromatic carbocycles. The van der Waals surface area contributed by atoms with Gasteiger partial charge in [-0.05, 0) is 40.2 Å². The number of nitrogens with two attached hydrogens (primary N) is 1. The van der Waals surface area contributed by atoms with Crippen LogP contribution in [-0.2, 0) is 4.79 Å². The van der Waals surface area contributed by atoms with Gasteiger partial charge in [-0.2, -0.15) is 4.99 Å². The topological polar surface area (TPSA) is 55.4 Å². The zero-order valence-electron chi connectivity index (χ0n) is 9.46. The van der Waals surface area contributed by atoms with Crippen molar-refractivity contribution in [2.75, 3.05) is 0 Å². The van der Waals surface area contributed by atoms with Gasteiger partial charge in [-0.25, -0.2) is 0 Å². The van der Waals surface area contributed by atoms with E-state index in [9.17, 15) is 4.79 Å². The van der Waals surface area contributed by atoms with Crippen molar-refractivity contribution in [3.05, 3.63) is 52.9 Å². The van der Waals surface area contributed by atoms with Crippen molar-refractivity contribution in [1.29, 1.82) is 0 Å². The minimum Gasteiger partial charge on any atom is -0.378 e. The monoisotopic (exact) mass is 254 g/mol. The second-order valence-electron chi connectivity index (χ2n) is 3.97. The van der Waals surface area contributed by atoms with Gasteiger partial charge in [-0.1, -0.05) is 36.4 Å². The second kappa shape index (κ2) is 4.31. The molecule has 1 amide bonds. The molecule has 0 atom stereocenters. The largest absolute Gasteiger partial charge is 0.378 e. The Morgan fingerprint density at radius 1 is 1.11 bits per heavy atom. The Kier molecular flexibility index (Phi) is 2.64. The number of thioether (sulfide) groups is 1. The first-order valence-electron chi connectivity index (χ1n) is 5.49. The van der Waals surface area contributed by atoms with Gasteiger partial charge >= 0.3 is 0 Å². The minimum absolute atomic E-state index is 0.259. The Bertz CT molecular complexity index is 704. The minimum atomic E-state index is -0.259. The molecule has 18 heavy (non-hydrogen) atoms. The number of benzene rings is 2. The molecule has 3 rings (SSSR count). The van der Waals surface area contributed by atoms with E-state index in [1.54, 1.807) is 0 Å². The van der Waals surface area contributed by atoms with Crippen LogP contribution >= 0.6 is 11.8 Å². The summed E-state index contributed by atoms with van der Waals surface area (Å²) in [5.74, 6) is -0.259. The lowest BCUT2D eigenvalue weighted by Crippen LogP contribution is -2.01. The summed E-state index contributed by atoms with van der Waals surface area (Å²) in [7, 11) is 0. The van der Waals surface area contributed by atoms with Gasteiger partial charge in [0.25, 0.3) is 5.91 Å². The predicted molar refractivity (Wildman–Crippen MR) is 76.1 cm³/mol. The fraction of sp³-hybridized carbons (Fsp3) is 0. The third-order valence-corrected chi connectivity index (χ3v) is 3.52. The lowest BCUT2D eigenvalue weighted by Gasteiger charge is -2.00. The molecule has 1 aliphatic rings. The number of rotatable bonds is 1. The first kappa shape index (κ1) is 11.0. The van der Waals surface area contributed by atoms with E-state index in [1.807, 2.05) is 42.5 Å². The van der Waals surface area contributed by atoms with Crippen molar-refractivity contribution < 1.29 is 4.79 Å². The number of hydrogen-bond acceptors (Lipinski definition) is 3. The number of hydrogen-bond donors (Lipinski definition) is 1. The summed E-state index contributed by atoms with van der Waals surface area (Å²) in [4.78, 5) is 15.7. The Hall–Kier alpha value is -2.07. The first-order valence-corrected chi connectivity index (χ1v) is 6.31. The van der Waals surface area contributed by atoms with Gasteiger partial charge in [0, 0.05) is 0 Å². The molecule has 3 nitrogen and oxygen atoms in total. The standard InChI is InChI=1S/C14H10N2OS/c15-14-16-13(17)12(18-14)8-9-5-6-10-3-1-2-4-11(10)7-9/h1-8H,(H2,15,16,17)/b12-8+. The van der Waals surface area contributed by atoms with E-state index in [-0.39, 0.29) is 5.91 Å². The third kappa shape index (κ3) is 2.02. The van der Waals surface area contributed by atoms with Crippen LogP contribution < -0.4 is 5.73 Å². The van der Waals surface area contributed by atoms with Crippen LogP contribution in [0.5, 0.6) is 0 Å². The smallest absolute Gasteiger partial charge is 0.286 e. The fourth-order valence-corrected chi connectivity index (χ4v) is 2.56. The number of aliphatic imine (C=N–C) groups is 1. The predicted octanol–water partition coefficient (Wildman–Crippen LogP) is 2.77.